The number of aromatic nitrogens is 2. The van der Waals surface area contributed by atoms with E-state index >= 15 is 0 Å². The molecule has 5 heteroatoms. The maximum Gasteiger partial charge on any atom is 0.293 e. The van der Waals surface area contributed by atoms with Crippen LogP contribution < -0.4 is 16.6 Å². The van der Waals surface area contributed by atoms with E-state index in [1.54, 1.807) is 17.0 Å². The van der Waals surface area contributed by atoms with Crippen molar-refractivity contribution in [1.82, 2.24) is 9.55 Å². The lowest BCUT2D eigenvalue weighted by Crippen LogP contribution is -2.42. The molecule has 0 saturated heterocycles. The fourth-order valence-electron chi connectivity index (χ4n) is 2.26. The van der Waals surface area contributed by atoms with Crippen LogP contribution in [0.25, 0.3) is 0 Å². The summed E-state index contributed by atoms with van der Waals surface area (Å²) in [5.74, 6) is 0.336. The SMILES string of the molecule is CCCn1ccnc(NC(C)(CN)c2ccccc2)c1=O. The molecule has 1 atom stereocenters. The van der Waals surface area contributed by atoms with Crippen LogP contribution in [0.4, 0.5) is 5.82 Å². The Balaban J connectivity index is 2.35. The Morgan fingerprint density at radius 2 is 2.05 bits per heavy atom. The molecular weight excluding hydrogens is 264 g/mol. The molecule has 21 heavy (non-hydrogen) atoms. The quantitative estimate of drug-likeness (QED) is 0.851. The van der Waals surface area contributed by atoms with Gasteiger partial charge in [-0.3, -0.25) is 4.79 Å². The van der Waals surface area contributed by atoms with E-state index in [2.05, 4.69) is 10.3 Å². The highest BCUT2D eigenvalue weighted by atomic mass is 16.1. The van der Waals surface area contributed by atoms with Gasteiger partial charge in [0, 0.05) is 25.5 Å². The second-order valence-corrected chi connectivity index (χ2v) is 5.30. The molecule has 1 aromatic heterocycles. The third kappa shape index (κ3) is 3.31. The predicted octanol–water partition coefficient (Wildman–Crippen LogP) is 1.94. The molecule has 0 radical (unpaired) electrons. The average Bonchev–Trinajstić information content (AvgIpc) is 2.52. The zero-order chi connectivity index (χ0) is 15.3. The van der Waals surface area contributed by atoms with E-state index in [0.717, 1.165) is 12.0 Å². The number of nitrogens with two attached hydrogens (primary N) is 1. The minimum absolute atomic E-state index is 0.116. The molecule has 3 N–H and O–H groups in total. The van der Waals surface area contributed by atoms with Crippen molar-refractivity contribution in [2.75, 3.05) is 11.9 Å². The van der Waals surface area contributed by atoms with Gasteiger partial charge in [-0.05, 0) is 18.9 Å². The minimum atomic E-state index is -0.529. The molecule has 0 bridgehead atoms. The lowest BCUT2D eigenvalue weighted by Gasteiger charge is -2.30. The molecule has 0 aliphatic carbocycles. The van der Waals surface area contributed by atoms with Crippen molar-refractivity contribution in [2.45, 2.75) is 32.4 Å². The Morgan fingerprint density at radius 1 is 1.33 bits per heavy atom. The van der Waals surface area contributed by atoms with Crippen LogP contribution in [0.15, 0.2) is 47.5 Å². The third-order valence-corrected chi connectivity index (χ3v) is 3.59. The molecule has 0 fully saturated rings. The van der Waals surface area contributed by atoms with Gasteiger partial charge in [-0.15, -0.1) is 0 Å². The smallest absolute Gasteiger partial charge is 0.293 e. The van der Waals surface area contributed by atoms with Crippen LogP contribution in [-0.4, -0.2) is 16.1 Å². The van der Waals surface area contributed by atoms with E-state index in [9.17, 15) is 4.79 Å². The normalized spacial score (nSPS) is 13.7. The highest BCUT2D eigenvalue weighted by Gasteiger charge is 2.26. The van der Waals surface area contributed by atoms with E-state index in [1.807, 2.05) is 44.2 Å². The van der Waals surface area contributed by atoms with Crippen LogP contribution in [0.5, 0.6) is 0 Å². The highest BCUT2D eigenvalue weighted by molar-refractivity contribution is 5.40. The lowest BCUT2D eigenvalue weighted by atomic mass is 9.92. The van der Waals surface area contributed by atoms with Gasteiger partial charge in [0.05, 0.1) is 5.54 Å². The van der Waals surface area contributed by atoms with Crippen LogP contribution in [0.2, 0.25) is 0 Å². The molecule has 0 spiro atoms. The number of hydrogen-bond acceptors (Lipinski definition) is 4. The topological polar surface area (TPSA) is 72.9 Å². The molecule has 0 saturated carbocycles. The number of aryl methyl sites for hydroxylation is 1. The van der Waals surface area contributed by atoms with Gasteiger partial charge >= 0.3 is 0 Å². The van der Waals surface area contributed by atoms with Gasteiger partial charge < -0.3 is 15.6 Å². The van der Waals surface area contributed by atoms with E-state index in [1.165, 1.54) is 0 Å². The summed E-state index contributed by atoms with van der Waals surface area (Å²) in [6.45, 7) is 5.05. The molecule has 1 aromatic carbocycles. The Morgan fingerprint density at radius 3 is 2.67 bits per heavy atom. The van der Waals surface area contributed by atoms with Gasteiger partial charge in [0.15, 0.2) is 5.82 Å². The Hall–Kier alpha value is -2.14. The van der Waals surface area contributed by atoms with Crippen molar-refractivity contribution < 1.29 is 0 Å². The van der Waals surface area contributed by atoms with Crippen LogP contribution in [-0.2, 0) is 12.1 Å². The van der Waals surface area contributed by atoms with Gasteiger partial charge in [0.2, 0.25) is 0 Å². The zero-order valence-corrected chi connectivity index (χ0v) is 12.5. The summed E-state index contributed by atoms with van der Waals surface area (Å²) in [4.78, 5) is 16.6. The molecule has 0 amide bonds. The van der Waals surface area contributed by atoms with Crippen LogP contribution in [0.1, 0.15) is 25.8 Å². The largest absolute Gasteiger partial charge is 0.355 e. The summed E-state index contributed by atoms with van der Waals surface area (Å²) in [5.41, 5.74) is 6.32. The average molecular weight is 286 g/mol. The number of benzene rings is 1. The Labute approximate surface area is 124 Å². The second kappa shape index (κ2) is 6.54. The zero-order valence-electron chi connectivity index (χ0n) is 12.5. The highest BCUT2D eigenvalue weighted by Crippen LogP contribution is 2.22. The summed E-state index contributed by atoms with van der Waals surface area (Å²) in [7, 11) is 0. The van der Waals surface area contributed by atoms with Crippen molar-refractivity contribution in [1.29, 1.82) is 0 Å². The minimum Gasteiger partial charge on any atom is -0.355 e. The van der Waals surface area contributed by atoms with E-state index in [-0.39, 0.29) is 5.56 Å². The first kappa shape index (κ1) is 15.3. The summed E-state index contributed by atoms with van der Waals surface area (Å²) in [6.07, 6.45) is 4.25. The first-order valence-corrected chi connectivity index (χ1v) is 7.20. The number of rotatable bonds is 6. The molecule has 0 aliphatic rings. The van der Waals surface area contributed by atoms with Gasteiger partial charge in [0.25, 0.3) is 5.56 Å². The fraction of sp³-hybridized carbons (Fsp3) is 0.375. The van der Waals surface area contributed by atoms with Crippen molar-refractivity contribution in [3.63, 3.8) is 0 Å². The van der Waals surface area contributed by atoms with Crippen LogP contribution in [0.3, 0.4) is 0 Å². The maximum absolute atomic E-state index is 12.4. The van der Waals surface area contributed by atoms with Crippen LogP contribution in [0, 0.1) is 0 Å². The van der Waals surface area contributed by atoms with Crippen molar-refractivity contribution >= 4 is 5.82 Å². The predicted molar refractivity (Wildman–Crippen MR) is 85.3 cm³/mol. The Bertz CT molecular complexity index is 638. The number of nitrogens with zero attached hydrogens (tertiary/aromatic N) is 2. The Kier molecular flexibility index (Phi) is 4.75. The summed E-state index contributed by atoms with van der Waals surface area (Å²) in [5, 5.41) is 3.22. The molecule has 1 heterocycles. The molecule has 2 rings (SSSR count). The summed E-state index contributed by atoms with van der Waals surface area (Å²) in [6, 6.07) is 9.85. The first-order valence-electron chi connectivity index (χ1n) is 7.20. The molecule has 1 unspecified atom stereocenters. The van der Waals surface area contributed by atoms with Crippen molar-refractivity contribution in [3.8, 4) is 0 Å². The number of nitrogens with one attached hydrogen (secondary N) is 1. The van der Waals surface area contributed by atoms with Gasteiger partial charge in [0.1, 0.15) is 0 Å². The van der Waals surface area contributed by atoms with Crippen molar-refractivity contribution in [2.24, 2.45) is 5.73 Å². The van der Waals surface area contributed by atoms with Crippen LogP contribution >= 0.6 is 0 Å². The van der Waals surface area contributed by atoms with E-state index < -0.39 is 5.54 Å². The van der Waals surface area contributed by atoms with Gasteiger partial charge in [-0.25, -0.2) is 4.98 Å². The molecule has 0 aliphatic heterocycles. The maximum atomic E-state index is 12.4. The first-order chi connectivity index (χ1) is 10.1. The summed E-state index contributed by atoms with van der Waals surface area (Å²) < 4.78 is 1.66. The standard InChI is InChI=1S/C16H22N4O/c1-3-10-20-11-9-18-14(15(20)21)19-16(2,12-17)13-7-5-4-6-8-13/h4-9,11H,3,10,12,17H2,1-2H3,(H,18,19). The number of anilines is 1. The fourth-order valence-corrected chi connectivity index (χ4v) is 2.26. The molecular formula is C16H22N4O. The van der Waals surface area contributed by atoms with Crippen molar-refractivity contribution in [3.05, 3.63) is 58.6 Å². The van der Waals surface area contributed by atoms with E-state index in [0.29, 0.717) is 18.9 Å². The third-order valence-electron chi connectivity index (χ3n) is 3.59. The molecule has 112 valence electrons. The second-order valence-electron chi connectivity index (χ2n) is 5.30. The monoisotopic (exact) mass is 286 g/mol. The lowest BCUT2D eigenvalue weighted by molar-refractivity contribution is 0.549. The molecule has 2 aromatic rings. The van der Waals surface area contributed by atoms with E-state index in [4.69, 9.17) is 5.73 Å². The number of hydrogen-bond donors (Lipinski definition) is 2. The van der Waals surface area contributed by atoms with Gasteiger partial charge in [-0.1, -0.05) is 37.3 Å². The summed E-state index contributed by atoms with van der Waals surface area (Å²) >= 11 is 0. The molecule has 5 nitrogen and oxygen atoms in total. The van der Waals surface area contributed by atoms with Gasteiger partial charge in [-0.2, -0.15) is 0 Å².